The maximum absolute atomic E-state index is 13.1. The number of carbonyl (C=O) groups excluding carboxylic acids is 1. The van der Waals surface area contributed by atoms with Crippen LogP contribution in [0.25, 0.3) is 0 Å². The quantitative estimate of drug-likeness (QED) is 0.852. The summed E-state index contributed by atoms with van der Waals surface area (Å²) in [5, 5.41) is 11.7. The van der Waals surface area contributed by atoms with E-state index in [1.807, 2.05) is 4.90 Å². The molecule has 1 aliphatic heterocycles. The molecule has 0 spiro atoms. The number of rotatable bonds is 4. The van der Waals surface area contributed by atoms with E-state index in [9.17, 15) is 18.0 Å². The molecule has 1 fully saturated rings. The molecule has 0 aromatic heterocycles. The number of carbonyl (C=O) groups is 1. The Balaban J connectivity index is 2.28. The summed E-state index contributed by atoms with van der Waals surface area (Å²) in [5.74, 6) is -0.336. The number of amides is 1. The van der Waals surface area contributed by atoms with Gasteiger partial charge in [-0.1, -0.05) is 20.8 Å². The smallest absolute Gasteiger partial charge is 0.395 e. The number of alkyl halides is 3. The van der Waals surface area contributed by atoms with E-state index in [0.717, 1.165) is 12.1 Å². The van der Waals surface area contributed by atoms with E-state index >= 15 is 0 Å². The van der Waals surface area contributed by atoms with E-state index in [2.05, 4.69) is 10.2 Å². The Bertz CT molecular complexity index is 634. The number of β-amino-alcohol motifs (C(OH)–C–C–N with tert-alkyl or cyclic N) is 1. The first kappa shape index (κ1) is 20.5. The van der Waals surface area contributed by atoms with Gasteiger partial charge in [0.05, 0.1) is 23.5 Å². The van der Waals surface area contributed by atoms with Crippen LogP contribution in [0.1, 0.15) is 26.3 Å². The van der Waals surface area contributed by atoms with Crippen LogP contribution in [0.3, 0.4) is 0 Å². The molecule has 0 atom stereocenters. The SMILES string of the molecule is CC(C)(C)C(=O)Nc1cc(C(F)(F)F)ccc1N1CCN(CCO)CC1. The molecule has 1 saturated heterocycles. The molecule has 146 valence electrons. The maximum Gasteiger partial charge on any atom is 0.416 e. The summed E-state index contributed by atoms with van der Waals surface area (Å²) < 4.78 is 39.3. The molecule has 1 aromatic rings. The molecular formula is C18H26F3N3O2. The Hall–Kier alpha value is -1.80. The number of anilines is 2. The summed E-state index contributed by atoms with van der Waals surface area (Å²) in [7, 11) is 0. The Morgan fingerprint density at radius 1 is 1.15 bits per heavy atom. The van der Waals surface area contributed by atoms with E-state index < -0.39 is 17.2 Å². The summed E-state index contributed by atoms with van der Waals surface area (Å²) in [6, 6.07) is 3.46. The second-order valence-electron chi connectivity index (χ2n) is 7.49. The summed E-state index contributed by atoms with van der Waals surface area (Å²) in [4.78, 5) is 16.4. The van der Waals surface area contributed by atoms with Gasteiger partial charge in [-0.05, 0) is 18.2 Å². The van der Waals surface area contributed by atoms with Gasteiger partial charge in [-0.25, -0.2) is 0 Å². The third-order valence-electron chi connectivity index (χ3n) is 4.38. The molecule has 0 aliphatic carbocycles. The molecule has 0 bridgehead atoms. The minimum Gasteiger partial charge on any atom is -0.395 e. The zero-order valence-electron chi connectivity index (χ0n) is 15.4. The van der Waals surface area contributed by atoms with Crippen LogP contribution >= 0.6 is 0 Å². The van der Waals surface area contributed by atoms with Crippen molar-refractivity contribution in [2.75, 3.05) is 49.5 Å². The Morgan fingerprint density at radius 3 is 2.27 bits per heavy atom. The molecule has 1 amide bonds. The monoisotopic (exact) mass is 373 g/mol. The molecule has 2 N–H and O–H groups in total. The van der Waals surface area contributed by atoms with Crippen molar-refractivity contribution in [3.05, 3.63) is 23.8 Å². The molecule has 2 rings (SSSR count). The molecule has 0 saturated carbocycles. The molecule has 1 heterocycles. The molecule has 0 unspecified atom stereocenters. The van der Waals surface area contributed by atoms with Crippen molar-refractivity contribution in [2.45, 2.75) is 26.9 Å². The normalized spacial score (nSPS) is 16.7. The molecule has 1 aromatic carbocycles. The number of benzene rings is 1. The second-order valence-corrected chi connectivity index (χ2v) is 7.49. The van der Waals surface area contributed by atoms with Crippen LogP contribution in [0.15, 0.2) is 18.2 Å². The van der Waals surface area contributed by atoms with E-state index in [-0.39, 0.29) is 18.2 Å². The number of nitrogens with zero attached hydrogens (tertiary/aromatic N) is 2. The van der Waals surface area contributed by atoms with Crippen LogP contribution in [-0.4, -0.2) is 55.2 Å². The van der Waals surface area contributed by atoms with Crippen LogP contribution < -0.4 is 10.2 Å². The predicted molar refractivity (Wildman–Crippen MR) is 95.3 cm³/mol. The fraction of sp³-hybridized carbons (Fsp3) is 0.611. The number of halogens is 3. The van der Waals surface area contributed by atoms with Crippen LogP contribution in [0.4, 0.5) is 24.5 Å². The first-order valence-corrected chi connectivity index (χ1v) is 8.63. The number of piperazine rings is 1. The Morgan fingerprint density at radius 2 is 1.77 bits per heavy atom. The first-order valence-electron chi connectivity index (χ1n) is 8.63. The molecular weight excluding hydrogens is 347 g/mol. The highest BCUT2D eigenvalue weighted by Gasteiger charge is 2.32. The minimum absolute atomic E-state index is 0.0766. The van der Waals surface area contributed by atoms with Gasteiger partial charge in [0, 0.05) is 38.1 Å². The number of hydrogen-bond donors (Lipinski definition) is 2. The zero-order chi connectivity index (χ0) is 19.5. The number of nitrogens with one attached hydrogen (secondary N) is 1. The highest BCUT2D eigenvalue weighted by molar-refractivity contribution is 5.97. The summed E-state index contributed by atoms with van der Waals surface area (Å²) in [6.07, 6.45) is -4.47. The van der Waals surface area contributed by atoms with Crippen molar-refractivity contribution in [1.82, 2.24) is 4.90 Å². The van der Waals surface area contributed by atoms with Crippen molar-refractivity contribution in [3.8, 4) is 0 Å². The van der Waals surface area contributed by atoms with E-state index in [0.29, 0.717) is 38.4 Å². The highest BCUT2D eigenvalue weighted by atomic mass is 19.4. The fourth-order valence-corrected chi connectivity index (χ4v) is 2.75. The second kappa shape index (κ2) is 7.84. The van der Waals surface area contributed by atoms with Crippen molar-refractivity contribution in [2.24, 2.45) is 5.41 Å². The van der Waals surface area contributed by atoms with Gasteiger partial charge in [0.15, 0.2) is 0 Å². The van der Waals surface area contributed by atoms with Crippen molar-refractivity contribution >= 4 is 17.3 Å². The van der Waals surface area contributed by atoms with Crippen LogP contribution in [-0.2, 0) is 11.0 Å². The van der Waals surface area contributed by atoms with Gasteiger partial charge < -0.3 is 15.3 Å². The van der Waals surface area contributed by atoms with Gasteiger partial charge in [0.1, 0.15) is 0 Å². The first-order chi connectivity index (χ1) is 12.0. The van der Waals surface area contributed by atoms with Crippen LogP contribution in [0.5, 0.6) is 0 Å². The van der Waals surface area contributed by atoms with Crippen LogP contribution in [0.2, 0.25) is 0 Å². The van der Waals surface area contributed by atoms with Gasteiger partial charge >= 0.3 is 6.18 Å². The molecule has 1 aliphatic rings. The summed E-state index contributed by atoms with van der Waals surface area (Å²) in [6.45, 7) is 8.42. The average molecular weight is 373 g/mol. The van der Waals surface area contributed by atoms with E-state index in [1.54, 1.807) is 20.8 Å². The maximum atomic E-state index is 13.1. The topological polar surface area (TPSA) is 55.8 Å². The van der Waals surface area contributed by atoms with Crippen molar-refractivity contribution in [3.63, 3.8) is 0 Å². The standard InChI is InChI=1S/C18H26F3N3O2/c1-17(2,3)16(26)22-14-12-13(18(19,20)21)4-5-15(14)24-8-6-23(7-9-24)10-11-25/h4-5,12,25H,6-11H2,1-3H3,(H,22,26). The molecule has 8 heteroatoms. The zero-order valence-corrected chi connectivity index (χ0v) is 15.4. The van der Waals surface area contributed by atoms with Gasteiger partial charge in [0.25, 0.3) is 0 Å². The molecule has 0 radical (unpaired) electrons. The molecule has 26 heavy (non-hydrogen) atoms. The lowest BCUT2D eigenvalue weighted by atomic mass is 9.95. The average Bonchev–Trinajstić information content (AvgIpc) is 2.54. The van der Waals surface area contributed by atoms with Gasteiger partial charge in [-0.3, -0.25) is 9.69 Å². The number of hydrogen-bond acceptors (Lipinski definition) is 4. The van der Waals surface area contributed by atoms with Gasteiger partial charge in [-0.15, -0.1) is 0 Å². The Kier molecular flexibility index (Phi) is 6.18. The third-order valence-corrected chi connectivity index (χ3v) is 4.38. The van der Waals surface area contributed by atoms with Gasteiger partial charge in [-0.2, -0.15) is 13.2 Å². The van der Waals surface area contributed by atoms with Crippen molar-refractivity contribution in [1.29, 1.82) is 0 Å². The van der Waals surface area contributed by atoms with E-state index in [4.69, 9.17) is 5.11 Å². The third kappa shape index (κ3) is 5.11. The molecule has 5 nitrogen and oxygen atoms in total. The predicted octanol–water partition coefficient (Wildman–Crippen LogP) is 2.80. The lowest BCUT2D eigenvalue weighted by Gasteiger charge is -2.37. The van der Waals surface area contributed by atoms with Gasteiger partial charge in [0.2, 0.25) is 5.91 Å². The highest BCUT2D eigenvalue weighted by Crippen LogP contribution is 2.36. The van der Waals surface area contributed by atoms with Crippen molar-refractivity contribution < 1.29 is 23.1 Å². The van der Waals surface area contributed by atoms with Crippen LogP contribution in [0, 0.1) is 5.41 Å². The Labute approximate surface area is 151 Å². The van der Waals surface area contributed by atoms with E-state index in [1.165, 1.54) is 6.07 Å². The number of aliphatic hydroxyl groups is 1. The minimum atomic E-state index is -4.47. The summed E-state index contributed by atoms with van der Waals surface area (Å²) in [5.41, 5.74) is -0.746. The lowest BCUT2D eigenvalue weighted by molar-refractivity contribution is -0.137. The summed E-state index contributed by atoms with van der Waals surface area (Å²) >= 11 is 0. The lowest BCUT2D eigenvalue weighted by Crippen LogP contribution is -2.47. The fourth-order valence-electron chi connectivity index (χ4n) is 2.75. The largest absolute Gasteiger partial charge is 0.416 e. The number of aliphatic hydroxyl groups excluding tert-OH is 1.